The van der Waals surface area contributed by atoms with Crippen molar-refractivity contribution in [2.75, 3.05) is 20.4 Å². The van der Waals surface area contributed by atoms with E-state index in [-0.39, 0.29) is 0 Å². The Balaban J connectivity index is 3.14. The standard InChI is InChI=1S/C5H13NS/c1-5(7-4)6(2)3/h5H,1-4H3. The van der Waals surface area contributed by atoms with E-state index in [2.05, 4.69) is 32.2 Å². The number of rotatable bonds is 2. The molecule has 0 N–H and O–H groups in total. The maximum absolute atomic E-state index is 2.19. The quantitative estimate of drug-likeness (QED) is 0.503. The molecule has 44 valence electrons. The fourth-order valence-electron chi connectivity index (χ4n) is 0.211. The molecule has 7 heavy (non-hydrogen) atoms. The number of hydrogen-bond acceptors (Lipinski definition) is 2. The lowest BCUT2D eigenvalue weighted by Gasteiger charge is -2.15. The Labute approximate surface area is 50.1 Å². The normalized spacial score (nSPS) is 15.0. The van der Waals surface area contributed by atoms with Crippen LogP contribution in [0.15, 0.2) is 0 Å². The molecule has 0 aromatic carbocycles. The summed E-state index contributed by atoms with van der Waals surface area (Å²) in [5.41, 5.74) is 0. The fourth-order valence-corrected chi connectivity index (χ4v) is 0.632. The van der Waals surface area contributed by atoms with Gasteiger partial charge in [-0.3, -0.25) is 4.90 Å². The second-order valence-corrected chi connectivity index (χ2v) is 2.95. The van der Waals surface area contributed by atoms with Crippen molar-refractivity contribution in [2.24, 2.45) is 0 Å². The molecule has 1 unspecified atom stereocenters. The minimum Gasteiger partial charge on any atom is -0.298 e. The predicted molar refractivity (Wildman–Crippen MR) is 36.7 cm³/mol. The third kappa shape index (κ3) is 2.94. The first-order chi connectivity index (χ1) is 3.18. The van der Waals surface area contributed by atoms with Gasteiger partial charge in [0.1, 0.15) is 0 Å². The minimum absolute atomic E-state index is 0.653. The van der Waals surface area contributed by atoms with E-state index in [0.29, 0.717) is 5.37 Å². The first-order valence-corrected chi connectivity index (χ1v) is 3.66. The SMILES string of the molecule is CSC(C)N(C)C. The molecule has 0 amide bonds. The van der Waals surface area contributed by atoms with Gasteiger partial charge in [-0.1, -0.05) is 0 Å². The number of hydrogen-bond donors (Lipinski definition) is 0. The van der Waals surface area contributed by atoms with Crippen LogP contribution in [0.1, 0.15) is 6.92 Å². The maximum atomic E-state index is 2.19. The van der Waals surface area contributed by atoms with Crippen LogP contribution in [0.4, 0.5) is 0 Å². The fraction of sp³-hybridized carbons (Fsp3) is 1.00. The Bertz CT molecular complexity index is 45.3. The predicted octanol–water partition coefficient (Wildman–Crippen LogP) is 1.26. The van der Waals surface area contributed by atoms with E-state index >= 15 is 0 Å². The Morgan fingerprint density at radius 1 is 1.43 bits per heavy atom. The molecule has 0 saturated heterocycles. The van der Waals surface area contributed by atoms with Gasteiger partial charge >= 0.3 is 0 Å². The summed E-state index contributed by atoms with van der Waals surface area (Å²) in [6.45, 7) is 2.19. The average molecular weight is 119 g/mol. The molecule has 0 radical (unpaired) electrons. The van der Waals surface area contributed by atoms with Gasteiger partial charge < -0.3 is 0 Å². The largest absolute Gasteiger partial charge is 0.298 e. The van der Waals surface area contributed by atoms with Crippen LogP contribution in [0.25, 0.3) is 0 Å². The van der Waals surface area contributed by atoms with Gasteiger partial charge in [0.05, 0.1) is 5.37 Å². The number of thioether (sulfide) groups is 1. The van der Waals surface area contributed by atoms with Crippen molar-refractivity contribution < 1.29 is 0 Å². The van der Waals surface area contributed by atoms with Gasteiger partial charge in [-0.05, 0) is 27.3 Å². The highest BCUT2D eigenvalue weighted by atomic mass is 32.2. The molecule has 1 atom stereocenters. The van der Waals surface area contributed by atoms with Crippen molar-refractivity contribution in [1.82, 2.24) is 4.90 Å². The first kappa shape index (κ1) is 7.31. The molecule has 0 aliphatic heterocycles. The highest BCUT2D eigenvalue weighted by molar-refractivity contribution is 7.99. The van der Waals surface area contributed by atoms with E-state index in [1.54, 1.807) is 0 Å². The van der Waals surface area contributed by atoms with E-state index in [0.717, 1.165) is 0 Å². The first-order valence-electron chi connectivity index (χ1n) is 2.37. The van der Waals surface area contributed by atoms with Gasteiger partial charge in [0.2, 0.25) is 0 Å². The van der Waals surface area contributed by atoms with Crippen molar-refractivity contribution >= 4 is 11.8 Å². The second-order valence-electron chi connectivity index (χ2n) is 1.80. The molecule has 1 nitrogen and oxygen atoms in total. The average Bonchev–Trinajstić information content (AvgIpc) is 1.65. The molecule has 0 aromatic rings. The van der Waals surface area contributed by atoms with Crippen molar-refractivity contribution in [2.45, 2.75) is 12.3 Å². The van der Waals surface area contributed by atoms with E-state index in [1.807, 2.05) is 11.8 Å². The molecular formula is C5H13NS. The zero-order chi connectivity index (χ0) is 5.86. The molecule has 0 spiro atoms. The molecule has 0 rings (SSSR count). The van der Waals surface area contributed by atoms with Gasteiger partial charge in [0.15, 0.2) is 0 Å². The van der Waals surface area contributed by atoms with Gasteiger partial charge in [0, 0.05) is 0 Å². The highest BCUT2D eigenvalue weighted by Crippen LogP contribution is 2.05. The van der Waals surface area contributed by atoms with Crippen molar-refractivity contribution in [3.63, 3.8) is 0 Å². The third-order valence-corrected chi connectivity index (χ3v) is 2.17. The summed E-state index contributed by atoms with van der Waals surface area (Å²) in [6.07, 6.45) is 2.12. The van der Waals surface area contributed by atoms with E-state index < -0.39 is 0 Å². The summed E-state index contributed by atoms with van der Waals surface area (Å²) < 4.78 is 0. The molecule has 0 saturated carbocycles. The summed E-state index contributed by atoms with van der Waals surface area (Å²) >= 11 is 1.86. The van der Waals surface area contributed by atoms with Crippen LogP contribution in [0, 0.1) is 0 Å². The van der Waals surface area contributed by atoms with Crippen LogP contribution in [-0.4, -0.2) is 30.6 Å². The van der Waals surface area contributed by atoms with Gasteiger partial charge in [-0.2, -0.15) is 0 Å². The van der Waals surface area contributed by atoms with Crippen LogP contribution in [0.5, 0.6) is 0 Å². The second kappa shape index (κ2) is 3.33. The maximum Gasteiger partial charge on any atom is 0.0520 e. The van der Waals surface area contributed by atoms with Crippen LogP contribution in [0.3, 0.4) is 0 Å². The highest BCUT2D eigenvalue weighted by Gasteiger charge is 1.97. The monoisotopic (exact) mass is 119 g/mol. The Kier molecular flexibility index (Phi) is 3.48. The molecule has 0 aliphatic carbocycles. The molecule has 0 fully saturated rings. The molecule has 0 aromatic heterocycles. The van der Waals surface area contributed by atoms with Crippen LogP contribution in [0.2, 0.25) is 0 Å². The molecule has 0 bridgehead atoms. The molecule has 0 heterocycles. The third-order valence-electron chi connectivity index (χ3n) is 1.07. The van der Waals surface area contributed by atoms with Crippen LogP contribution >= 0.6 is 11.8 Å². The van der Waals surface area contributed by atoms with Crippen LogP contribution < -0.4 is 0 Å². The smallest absolute Gasteiger partial charge is 0.0520 e. The van der Waals surface area contributed by atoms with E-state index in [1.165, 1.54) is 0 Å². The molecule has 0 aliphatic rings. The zero-order valence-corrected chi connectivity index (χ0v) is 6.25. The van der Waals surface area contributed by atoms with Crippen LogP contribution in [-0.2, 0) is 0 Å². The summed E-state index contributed by atoms with van der Waals surface area (Å²) in [6, 6.07) is 0. The summed E-state index contributed by atoms with van der Waals surface area (Å²) in [5.74, 6) is 0. The molecular weight excluding hydrogens is 106 g/mol. The lowest BCUT2D eigenvalue weighted by atomic mass is 10.7. The van der Waals surface area contributed by atoms with E-state index in [9.17, 15) is 0 Å². The minimum atomic E-state index is 0.653. The van der Waals surface area contributed by atoms with Crippen molar-refractivity contribution in [3.8, 4) is 0 Å². The number of nitrogens with zero attached hydrogens (tertiary/aromatic N) is 1. The summed E-state index contributed by atoms with van der Waals surface area (Å²) in [5, 5.41) is 0.653. The lowest BCUT2D eigenvalue weighted by molar-refractivity contribution is 0.403. The van der Waals surface area contributed by atoms with Gasteiger partial charge in [-0.25, -0.2) is 0 Å². The topological polar surface area (TPSA) is 3.24 Å². The van der Waals surface area contributed by atoms with Gasteiger partial charge in [-0.15, -0.1) is 11.8 Å². The van der Waals surface area contributed by atoms with Gasteiger partial charge in [0.25, 0.3) is 0 Å². The Morgan fingerprint density at radius 3 is 1.86 bits per heavy atom. The molecule has 2 heteroatoms. The lowest BCUT2D eigenvalue weighted by Crippen LogP contribution is -2.20. The van der Waals surface area contributed by atoms with Crippen molar-refractivity contribution in [1.29, 1.82) is 0 Å². The van der Waals surface area contributed by atoms with Crippen molar-refractivity contribution in [3.05, 3.63) is 0 Å². The summed E-state index contributed by atoms with van der Waals surface area (Å²) in [4.78, 5) is 2.19. The van der Waals surface area contributed by atoms with E-state index in [4.69, 9.17) is 0 Å². The zero-order valence-electron chi connectivity index (χ0n) is 5.43. The summed E-state index contributed by atoms with van der Waals surface area (Å²) in [7, 11) is 4.17. The Morgan fingerprint density at radius 2 is 1.86 bits per heavy atom. The Hall–Kier alpha value is 0.310.